The van der Waals surface area contributed by atoms with Crippen LogP contribution in [0.5, 0.6) is 0 Å². The molecule has 4 rings (SSSR count). The van der Waals surface area contributed by atoms with E-state index in [-0.39, 0.29) is 19.0 Å². The van der Waals surface area contributed by atoms with Gasteiger partial charge in [-0.15, -0.1) is 5.10 Å². The highest BCUT2D eigenvalue weighted by Crippen LogP contribution is 2.22. The number of carboxylic acid groups (broad SMARTS) is 2. The first-order valence-corrected chi connectivity index (χ1v) is 11.7. The van der Waals surface area contributed by atoms with Gasteiger partial charge in [0.05, 0.1) is 32.4 Å². The van der Waals surface area contributed by atoms with E-state index < -0.39 is 11.9 Å². The highest BCUT2D eigenvalue weighted by molar-refractivity contribution is 5.67. The number of hydrogen-bond donors (Lipinski definition) is 4. The zero-order chi connectivity index (χ0) is 24.6. The van der Waals surface area contributed by atoms with Crippen LogP contribution in [0.1, 0.15) is 25.0 Å². The second-order valence-electron chi connectivity index (χ2n) is 8.59. The molecule has 0 amide bonds. The van der Waals surface area contributed by atoms with Crippen molar-refractivity contribution < 1.29 is 24.5 Å². The standard InChI is InChI=1S/C21H31N9O5/c31-19(32)3-6-28-4-1-15(2-5-28)23-17-11-18(29-7-9-35-10-8-29)25-21(24-17)22-12-16-13-30(27-26-16)14-20(33)34/h11,13,15H,1-10,12,14H2,(H,31,32)(H,33,34)(H2,22,23,24,25). The average Bonchev–Trinajstić information content (AvgIpc) is 3.29. The third-order valence-corrected chi connectivity index (χ3v) is 5.94. The maximum Gasteiger partial charge on any atom is 0.325 e. The fraction of sp³-hybridized carbons (Fsp3) is 0.619. The average molecular weight is 490 g/mol. The molecule has 4 N–H and O–H groups in total. The lowest BCUT2D eigenvalue weighted by Gasteiger charge is -2.32. The lowest BCUT2D eigenvalue weighted by molar-refractivity contribution is -0.138. The van der Waals surface area contributed by atoms with Crippen molar-refractivity contribution in [1.29, 1.82) is 0 Å². The molecule has 2 aromatic heterocycles. The Morgan fingerprint density at radius 1 is 1.09 bits per heavy atom. The highest BCUT2D eigenvalue weighted by Gasteiger charge is 2.21. The molecule has 2 fully saturated rings. The Labute approximate surface area is 202 Å². The molecule has 2 saturated heterocycles. The number of hydrogen-bond acceptors (Lipinski definition) is 11. The van der Waals surface area contributed by atoms with Gasteiger partial charge in [-0.1, -0.05) is 5.21 Å². The number of morpholine rings is 1. The van der Waals surface area contributed by atoms with Gasteiger partial charge in [0, 0.05) is 44.8 Å². The van der Waals surface area contributed by atoms with Crippen molar-refractivity contribution in [3.05, 3.63) is 18.0 Å². The molecule has 4 heterocycles. The Hall–Kier alpha value is -3.52. The number of carbonyl (C=O) groups is 2. The molecular formula is C21H31N9O5. The zero-order valence-electron chi connectivity index (χ0n) is 19.5. The van der Waals surface area contributed by atoms with Crippen LogP contribution < -0.4 is 15.5 Å². The first-order chi connectivity index (χ1) is 16.9. The molecule has 0 spiro atoms. The van der Waals surface area contributed by atoms with Gasteiger partial charge in [0.1, 0.15) is 23.9 Å². The van der Waals surface area contributed by atoms with Gasteiger partial charge in [-0.3, -0.25) is 9.59 Å². The van der Waals surface area contributed by atoms with E-state index in [9.17, 15) is 9.59 Å². The van der Waals surface area contributed by atoms with Crippen molar-refractivity contribution in [2.45, 2.75) is 38.4 Å². The lowest BCUT2D eigenvalue weighted by atomic mass is 10.0. The second-order valence-corrected chi connectivity index (χ2v) is 8.59. The van der Waals surface area contributed by atoms with E-state index in [0.29, 0.717) is 43.8 Å². The number of likely N-dealkylation sites (tertiary alicyclic amines) is 1. The van der Waals surface area contributed by atoms with Crippen LogP contribution in [-0.2, 0) is 27.4 Å². The van der Waals surface area contributed by atoms with Crippen LogP contribution in [0.4, 0.5) is 17.6 Å². The number of aliphatic carboxylic acids is 2. The number of anilines is 3. The summed E-state index contributed by atoms with van der Waals surface area (Å²) < 4.78 is 6.73. The van der Waals surface area contributed by atoms with Crippen molar-refractivity contribution in [3.8, 4) is 0 Å². The molecule has 0 aliphatic carbocycles. The summed E-state index contributed by atoms with van der Waals surface area (Å²) in [5, 5.41) is 32.3. The molecule has 0 radical (unpaired) electrons. The molecule has 2 aliphatic heterocycles. The maximum absolute atomic E-state index is 10.9. The number of nitrogens with zero attached hydrogens (tertiary/aromatic N) is 7. The van der Waals surface area contributed by atoms with Crippen LogP contribution >= 0.6 is 0 Å². The molecular weight excluding hydrogens is 458 g/mol. The van der Waals surface area contributed by atoms with Gasteiger partial charge in [-0.05, 0) is 12.8 Å². The van der Waals surface area contributed by atoms with Crippen molar-refractivity contribution >= 4 is 29.5 Å². The molecule has 190 valence electrons. The Bertz CT molecular complexity index is 1000. The summed E-state index contributed by atoms with van der Waals surface area (Å²) >= 11 is 0. The van der Waals surface area contributed by atoms with Crippen LogP contribution in [0.2, 0.25) is 0 Å². The summed E-state index contributed by atoms with van der Waals surface area (Å²) in [5.41, 5.74) is 0.579. The number of carboxylic acids is 2. The lowest BCUT2D eigenvalue weighted by Crippen LogP contribution is -2.40. The Balaban J connectivity index is 1.40. The van der Waals surface area contributed by atoms with E-state index in [0.717, 1.165) is 44.8 Å². The van der Waals surface area contributed by atoms with E-state index >= 15 is 0 Å². The van der Waals surface area contributed by atoms with Crippen LogP contribution in [0.3, 0.4) is 0 Å². The largest absolute Gasteiger partial charge is 0.481 e. The minimum atomic E-state index is -0.987. The predicted octanol–water partition coefficient (Wildman–Crippen LogP) is -0.0476. The van der Waals surface area contributed by atoms with Crippen molar-refractivity contribution in [1.82, 2.24) is 29.9 Å². The minimum absolute atomic E-state index is 0.159. The summed E-state index contributed by atoms with van der Waals surface area (Å²) in [6.07, 6.45) is 3.52. The van der Waals surface area contributed by atoms with Gasteiger partial charge in [0.25, 0.3) is 0 Å². The summed E-state index contributed by atoms with van der Waals surface area (Å²) in [6, 6.07) is 2.17. The van der Waals surface area contributed by atoms with Crippen LogP contribution in [0, 0.1) is 0 Å². The van der Waals surface area contributed by atoms with Gasteiger partial charge in [-0.2, -0.15) is 9.97 Å². The molecule has 14 heteroatoms. The predicted molar refractivity (Wildman–Crippen MR) is 125 cm³/mol. The minimum Gasteiger partial charge on any atom is -0.481 e. The molecule has 0 unspecified atom stereocenters. The van der Waals surface area contributed by atoms with E-state index in [2.05, 4.69) is 40.7 Å². The van der Waals surface area contributed by atoms with E-state index in [1.807, 2.05) is 6.07 Å². The van der Waals surface area contributed by atoms with Gasteiger partial charge >= 0.3 is 11.9 Å². The SMILES string of the molecule is O=C(O)CCN1CCC(Nc2cc(N3CCOCC3)nc(NCc3cn(CC(=O)O)nn3)n2)CC1. The molecule has 0 aromatic carbocycles. The molecule has 35 heavy (non-hydrogen) atoms. The van der Waals surface area contributed by atoms with Crippen LogP contribution in [0.25, 0.3) is 0 Å². The quantitative estimate of drug-likeness (QED) is 0.331. The number of rotatable bonds is 11. The number of nitrogens with one attached hydrogen (secondary N) is 2. The summed E-state index contributed by atoms with van der Waals surface area (Å²) in [4.78, 5) is 35.3. The van der Waals surface area contributed by atoms with E-state index in [4.69, 9.17) is 14.9 Å². The summed E-state index contributed by atoms with van der Waals surface area (Å²) in [5.74, 6) is 0.179. The molecule has 2 aromatic rings. The van der Waals surface area contributed by atoms with Crippen molar-refractivity contribution in [2.75, 3.05) is 61.5 Å². The third kappa shape index (κ3) is 7.48. The molecule has 0 saturated carbocycles. The van der Waals surface area contributed by atoms with Gasteiger partial charge in [0.2, 0.25) is 5.95 Å². The smallest absolute Gasteiger partial charge is 0.325 e. The maximum atomic E-state index is 10.9. The fourth-order valence-corrected chi connectivity index (χ4v) is 4.11. The fourth-order valence-electron chi connectivity index (χ4n) is 4.11. The first kappa shape index (κ1) is 24.6. The molecule has 2 aliphatic rings. The monoisotopic (exact) mass is 489 g/mol. The normalized spacial score (nSPS) is 17.3. The Morgan fingerprint density at radius 3 is 2.57 bits per heavy atom. The van der Waals surface area contributed by atoms with E-state index in [1.54, 1.807) is 6.20 Å². The molecule has 0 bridgehead atoms. The number of ether oxygens (including phenoxy) is 1. The number of piperidine rings is 1. The van der Waals surface area contributed by atoms with Gasteiger partial charge in [-0.25, -0.2) is 4.68 Å². The van der Waals surface area contributed by atoms with Crippen molar-refractivity contribution in [2.24, 2.45) is 0 Å². The second kappa shape index (κ2) is 11.8. The molecule has 0 atom stereocenters. The highest BCUT2D eigenvalue weighted by atomic mass is 16.5. The van der Waals surface area contributed by atoms with Crippen molar-refractivity contribution in [3.63, 3.8) is 0 Å². The van der Waals surface area contributed by atoms with Crippen LogP contribution in [-0.4, -0.2) is 104 Å². The Morgan fingerprint density at radius 2 is 1.86 bits per heavy atom. The number of aromatic nitrogens is 5. The van der Waals surface area contributed by atoms with Gasteiger partial charge < -0.3 is 35.4 Å². The van der Waals surface area contributed by atoms with E-state index in [1.165, 1.54) is 4.68 Å². The first-order valence-electron chi connectivity index (χ1n) is 11.7. The van der Waals surface area contributed by atoms with Gasteiger partial charge in [0.15, 0.2) is 0 Å². The van der Waals surface area contributed by atoms with Crippen LogP contribution in [0.15, 0.2) is 12.3 Å². The summed E-state index contributed by atoms with van der Waals surface area (Å²) in [7, 11) is 0. The Kier molecular flexibility index (Phi) is 8.26. The zero-order valence-corrected chi connectivity index (χ0v) is 19.5. The topological polar surface area (TPSA) is 171 Å². The third-order valence-electron chi connectivity index (χ3n) is 5.94. The molecule has 14 nitrogen and oxygen atoms in total. The summed E-state index contributed by atoms with van der Waals surface area (Å²) in [6.45, 7) is 5.04.